The Morgan fingerprint density at radius 3 is 2.57 bits per heavy atom. The van der Waals surface area contributed by atoms with Crippen molar-refractivity contribution in [2.45, 2.75) is 32.6 Å². The summed E-state index contributed by atoms with van der Waals surface area (Å²) < 4.78 is 11.1. The quantitative estimate of drug-likeness (QED) is 0.678. The van der Waals surface area contributed by atoms with E-state index >= 15 is 0 Å². The Bertz CT molecular complexity index is 579. The number of benzene rings is 1. The van der Waals surface area contributed by atoms with Crippen LogP contribution in [0.3, 0.4) is 0 Å². The molecule has 2 aromatic rings. The van der Waals surface area contributed by atoms with Gasteiger partial charge in [0.15, 0.2) is 5.82 Å². The molecule has 0 atom stereocenters. The van der Waals surface area contributed by atoms with Gasteiger partial charge in [-0.2, -0.15) is 0 Å². The topological polar surface area (TPSA) is 77.4 Å². The Morgan fingerprint density at radius 2 is 1.83 bits per heavy atom. The van der Waals surface area contributed by atoms with Crippen molar-refractivity contribution in [3.63, 3.8) is 0 Å². The summed E-state index contributed by atoms with van der Waals surface area (Å²) in [6.45, 7) is 3.96. The SMILES string of the molecule is CCCCCCOCCOc1ccc(-c2ncncn2)c(O)c1. The summed E-state index contributed by atoms with van der Waals surface area (Å²) in [5.74, 6) is 1.10. The van der Waals surface area contributed by atoms with Gasteiger partial charge >= 0.3 is 0 Å². The van der Waals surface area contributed by atoms with Crippen molar-refractivity contribution in [1.29, 1.82) is 0 Å². The van der Waals surface area contributed by atoms with Crippen LogP contribution in [0.1, 0.15) is 32.6 Å². The number of unbranched alkanes of at least 4 members (excludes halogenated alkanes) is 3. The molecule has 0 radical (unpaired) electrons. The van der Waals surface area contributed by atoms with Crippen LogP contribution in [-0.2, 0) is 4.74 Å². The fourth-order valence-electron chi connectivity index (χ4n) is 2.12. The second-order valence-corrected chi connectivity index (χ2v) is 5.16. The highest BCUT2D eigenvalue weighted by molar-refractivity contribution is 5.64. The predicted molar refractivity (Wildman–Crippen MR) is 87.4 cm³/mol. The summed E-state index contributed by atoms with van der Waals surface area (Å²) in [5.41, 5.74) is 0.548. The van der Waals surface area contributed by atoms with Crippen LogP contribution in [0.15, 0.2) is 30.9 Å². The van der Waals surface area contributed by atoms with E-state index in [4.69, 9.17) is 9.47 Å². The first-order chi connectivity index (χ1) is 11.3. The van der Waals surface area contributed by atoms with E-state index < -0.39 is 0 Å². The highest BCUT2D eigenvalue weighted by Gasteiger charge is 2.08. The molecular weight excluding hydrogens is 294 g/mol. The monoisotopic (exact) mass is 317 g/mol. The van der Waals surface area contributed by atoms with E-state index in [2.05, 4.69) is 21.9 Å². The highest BCUT2D eigenvalue weighted by atomic mass is 16.5. The number of phenolic OH excluding ortho intramolecular Hbond substituents is 1. The molecule has 0 unspecified atom stereocenters. The van der Waals surface area contributed by atoms with Gasteiger partial charge in [0.1, 0.15) is 30.8 Å². The molecule has 0 saturated carbocycles. The number of aromatic hydroxyl groups is 1. The number of phenols is 1. The Hall–Kier alpha value is -2.21. The fourth-order valence-corrected chi connectivity index (χ4v) is 2.12. The van der Waals surface area contributed by atoms with Gasteiger partial charge in [-0.3, -0.25) is 0 Å². The zero-order chi connectivity index (χ0) is 16.3. The molecule has 0 fully saturated rings. The Labute approximate surface area is 136 Å². The van der Waals surface area contributed by atoms with Crippen molar-refractivity contribution in [3.8, 4) is 22.9 Å². The minimum atomic E-state index is 0.0779. The van der Waals surface area contributed by atoms with E-state index in [1.807, 2.05) is 0 Å². The third-order valence-corrected chi connectivity index (χ3v) is 3.34. The van der Waals surface area contributed by atoms with E-state index in [9.17, 15) is 5.11 Å². The third-order valence-electron chi connectivity index (χ3n) is 3.34. The summed E-state index contributed by atoms with van der Waals surface area (Å²) in [5, 5.41) is 10.1. The van der Waals surface area contributed by atoms with Crippen molar-refractivity contribution in [1.82, 2.24) is 15.0 Å². The van der Waals surface area contributed by atoms with Gasteiger partial charge in [0, 0.05) is 12.7 Å². The van der Waals surface area contributed by atoms with E-state index in [0.717, 1.165) is 13.0 Å². The maximum atomic E-state index is 10.1. The summed E-state index contributed by atoms with van der Waals surface area (Å²) >= 11 is 0. The second kappa shape index (κ2) is 9.74. The molecule has 0 aliphatic rings. The number of aromatic nitrogens is 3. The van der Waals surface area contributed by atoms with Crippen LogP contribution >= 0.6 is 0 Å². The van der Waals surface area contributed by atoms with Crippen molar-refractivity contribution in [2.24, 2.45) is 0 Å². The number of nitrogens with zero attached hydrogens (tertiary/aromatic N) is 3. The van der Waals surface area contributed by atoms with Crippen molar-refractivity contribution < 1.29 is 14.6 Å². The summed E-state index contributed by atoms with van der Waals surface area (Å²) in [7, 11) is 0. The lowest BCUT2D eigenvalue weighted by Gasteiger charge is -2.09. The standard InChI is InChI=1S/C17H23N3O3/c1-2-3-4-5-8-22-9-10-23-14-6-7-15(16(21)11-14)17-19-12-18-13-20-17/h6-7,11-13,21H,2-5,8-10H2,1H3. The van der Waals surface area contributed by atoms with E-state index in [0.29, 0.717) is 30.4 Å². The number of hydrogen-bond donors (Lipinski definition) is 1. The molecule has 1 aromatic heterocycles. The zero-order valence-electron chi connectivity index (χ0n) is 13.4. The molecule has 0 saturated heterocycles. The average Bonchev–Trinajstić information content (AvgIpc) is 2.58. The molecular formula is C17H23N3O3. The normalized spacial score (nSPS) is 10.7. The maximum absolute atomic E-state index is 10.1. The molecule has 6 nitrogen and oxygen atoms in total. The molecule has 0 spiro atoms. The highest BCUT2D eigenvalue weighted by Crippen LogP contribution is 2.29. The van der Waals surface area contributed by atoms with Crippen LogP contribution in [0, 0.1) is 0 Å². The molecule has 0 amide bonds. The van der Waals surface area contributed by atoms with Gasteiger partial charge in [0.25, 0.3) is 0 Å². The summed E-state index contributed by atoms with van der Waals surface area (Å²) in [6.07, 6.45) is 7.58. The maximum Gasteiger partial charge on any atom is 0.166 e. The first-order valence-corrected chi connectivity index (χ1v) is 7.97. The minimum Gasteiger partial charge on any atom is -0.507 e. The van der Waals surface area contributed by atoms with Crippen LogP contribution in [0.5, 0.6) is 11.5 Å². The number of rotatable bonds is 10. The first kappa shape index (κ1) is 17.1. The molecule has 0 aliphatic carbocycles. The Morgan fingerprint density at radius 1 is 1.00 bits per heavy atom. The molecule has 124 valence electrons. The lowest BCUT2D eigenvalue weighted by molar-refractivity contribution is 0.0970. The van der Waals surface area contributed by atoms with E-state index in [1.165, 1.54) is 31.9 Å². The van der Waals surface area contributed by atoms with Gasteiger partial charge in [-0.05, 0) is 18.6 Å². The van der Waals surface area contributed by atoms with Crippen LogP contribution < -0.4 is 4.74 Å². The van der Waals surface area contributed by atoms with Gasteiger partial charge in [-0.15, -0.1) is 0 Å². The molecule has 6 heteroatoms. The van der Waals surface area contributed by atoms with Crippen LogP contribution in [-0.4, -0.2) is 39.9 Å². The molecule has 0 bridgehead atoms. The van der Waals surface area contributed by atoms with Crippen LogP contribution in [0.4, 0.5) is 0 Å². The Balaban J connectivity index is 1.74. The van der Waals surface area contributed by atoms with Gasteiger partial charge in [-0.1, -0.05) is 26.2 Å². The van der Waals surface area contributed by atoms with Crippen molar-refractivity contribution in [3.05, 3.63) is 30.9 Å². The van der Waals surface area contributed by atoms with Crippen molar-refractivity contribution >= 4 is 0 Å². The minimum absolute atomic E-state index is 0.0779. The van der Waals surface area contributed by atoms with Gasteiger partial charge in [0.05, 0.1) is 12.2 Å². The van der Waals surface area contributed by atoms with Crippen LogP contribution in [0.25, 0.3) is 11.4 Å². The van der Waals surface area contributed by atoms with E-state index in [-0.39, 0.29) is 5.75 Å². The molecule has 1 aromatic carbocycles. The molecule has 1 heterocycles. The fraction of sp³-hybridized carbons (Fsp3) is 0.471. The molecule has 23 heavy (non-hydrogen) atoms. The third kappa shape index (κ3) is 5.83. The van der Waals surface area contributed by atoms with Crippen molar-refractivity contribution in [2.75, 3.05) is 19.8 Å². The van der Waals surface area contributed by atoms with Gasteiger partial charge < -0.3 is 14.6 Å². The lowest BCUT2D eigenvalue weighted by atomic mass is 10.2. The Kier molecular flexibility index (Phi) is 7.26. The average molecular weight is 317 g/mol. The summed E-state index contributed by atoms with van der Waals surface area (Å²) in [4.78, 5) is 11.8. The number of ether oxygens (including phenoxy) is 2. The molecule has 2 rings (SSSR count). The first-order valence-electron chi connectivity index (χ1n) is 7.97. The largest absolute Gasteiger partial charge is 0.507 e. The number of hydrogen-bond acceptors (Lipinski definition) is 6. The van der Waals surface area contributed by atoms with Gasteiger partial charge in [-0.25, -0.2) is 15.0 Å². The predicted octanol–water partition coefficient (Wildman–Crippen LogP) is 3.22. The van der Waals surface area contributed by atoms with Gasteiger partial charge in [0.2, 0.25) is 0 Å². The van der Waals surface area contributed by atoms with Crippen LogP contribution in [0.2, 0.25) is 0 Å². The molecule has 1 N–H and O–H groups in total. The smallest absolute Gasteiger partial charge is 0.166 e. The van der Waals surface area contributed by atoms with E-state index in [1.54, 1.807) is 18.2 Å². The zero-order valence-corrected chi connectivity index (χ0v) is 13.4. The second-order valence-electron chi connectivity index (χ2n) is 5.16. The summed E-state index contributed by atoms with van der Waals surface area (Å²) in [6, 6.07) is 5.06. The molecule has 0 aliphatic heterocycles. The lowest BCUT2D eigenvalue weighted by Crippen LogP contribution is -2.07.